The normalized spacial score (nSPS) is 23.6. The van der Waals surface area contributed by atoms with E-state index in [2.05, 4.69) is 50.6 Å². The van der Waals surface area contributed by atoms with Crippen molar-refractivity contribution in [2.75, 3.05) is 24.6 Å². The molecule has 1 atom stereocenters. The van der Waals surface area contributed by atoms with Gasteiger partial charge in [-0.05, 0) is 35.4 Å². The second-order valence-electron chi connectivity index (χ2n) is 6.26. The Morgan fingerprint density at radius 3 is 3.13 bits per heavy atom. The van der Waals surface area contributed by atoms with Crippen LogP contribution in [-0.2, 0) is 16.8 Å². The van der Waals surface area contributed by atoms with E-state index in [-0.39, 0.29) is 5.60 Å². The zero-order valence-corrected chi connectivity index (χ0v) is 13.6. The number of morpholine rings is 1. The molecule has 116 valence electrons. The number of hydrogen-bond donors (Lipinski definition) is 0. The zero-order valence-electron chi connectivity index (χ0n) is 12.7. The Morgan fingerprint density at radius 1 is 1.17 bits per heavy atom. The highest BCUT2D eigenvalue weighted by Gasteiger charge is 2.43. The molecule has 0 radical (unpaired) electrons. The van der Waals surface area contributed by atoms with Crippen LogP contribution in [0.5, 0.6) is 0 Å². The number of ether oxygens (including phenoxy) is 1. The van der Waals surface area contributed by atoms with Gasteiger partial charge >= 0.3 is 0 Å². The van der Waals surface area contributed by atoms with Gasteiger partial charge in [0.1, 0.15) is 22.6 Å². The second-order valence-corrected chi connectivity index (χ2v) is 7.15. The van der Waals surface area contributed by atoms with E-state index < -0.39 is 0 Å². The number of fused-ring (bicyclic) bond motifs is 3. The molecule has 2 aliphatic rings. The van der Waals surface area contributed by atoms with Crippen molar-refractivity contribution in [3.63, 3.8) is 0 Å². The molecule has 4 nitrogen and oxygen atoms in total. The van der Waals surface area contributed by atoms with Gasteiger partial charge in [0, 0.05) is 6.54 Å². The molecule has 5 rings (SSSR count). The van der Waals surface area contributed by atoms with Gasteiger partial charge in [-0.3, -0.25) is 0 Å². The summed E-state index contributed by atoms with van der Waals surface area (Å²) in [4.78, 5) is 12.4. The van der Waals surface area contributed by atoms with Crippen LogP contribution < -0.4 is 4.90 Å². The Hall–Kier alpha value is -1.98. The fourth-order valence-corrected chi connectivity index (χ4v) is 4.69. The van der Waals surface area contributed by atoms with Crippen molar-refractivity contribution in [2.24, 2.45) is 0 Å². The minimum absolute atomic E-state index is 0.178. The van der Waals surface area contributed by atoms with Crippen LogP contribution in [-0.4, -0.2) is 29.7 Å². The van der Waals surface area contributed by atoms with E-state index in [1.807, 2.05) is 0 Å². The van der Waals surface area contributed by atoms with Crippen molar-refractivity contribution in [2.45, 2.75) is 18.4 Å². The monoisotopic (exact) mass is 323 g/mol. The van der Waals surface area contributed by atoms with E-state index in [9.17, 15) is 0 Å². The summed E-state index contributed by atoms with van der Waals surface area (Å²) in [6.07, 6.45) is 3.83. The molecule has 0 saturated carbocycles. The van der Waals surface area contributed by atoms with Crippen molar-refractivity contribution >= 4 is 27.4 Å². The largest absolute Gasteiger partial charge is 0.367 e. The number of anilines is 1. The van der Waals surface area contributed by atoms with Gasteiger partial charge in [0.2, 0.25) is 0 Å². The second kappa shape index (κ2) is 5.01. The first kappa shape index (κ1) is 13.5. The molecule has 5 heteroatoms. The third-order valence-corrected chi connectivity index (χ3v) is 5.85. The topological polar surface area (TPSA) is 38.2 Å². The van der Waals surface area contributed by atoms with Crippen LogP contribution in [0.1, 0.15) is 17.5 Å². The molecule has 23 heavy (non-hydrogen) atoms. The number of thiophene rings is 1. The lowest BCUT2D eigenvalue weighted by molar-refractivity contribution is -0.0593. The molecule has 0 amide bonds. The minimum Gasteiger partial charge on any atom is -0.367 e. The lowest BCUT2D eigenvalue weighted by Gasteiger charge is -2.41. The van der Waals surface area contributed by atoms with Crippen LogP contribution in [0.4, 0.5) is 5.82 Å². The molecule has 3 heterocycles. The van der Waals surface area contributed by atoms with Gasteiger partial charge in [0.05, 0.1) is 18.5 Å². The summed E-state index contributed by atoms with van der Waals surface area (Å²) in [5, 5.41) is 3.24. The lowest BCUT2D eigenvalue weighted by Crippen LogP contribution is -2.49. The molecular weight excluding hydrogens is 306 g/mol. The Kier molecular flexibility index (Phi) is 2.93. The fourth-order valence-electron chi connectivity index (χ4n) is 3.96. The summed E-state index contributed by atoms with van der Waals surface area (Å²) in [5.41, 5.74) is 2.61. The van der Waals surface area contributed by atoms with E-state index in [1.54, 1.807) is 17.7 Å². The van der Waals surface area contributed by atoms with Gasteiger partial charge in [0.25, 0.3) is 0 Å². The summed E-state index contributed by atoms with van der Waals surface area (Å²) >= 11 is 1.67. The van der Waals surface area contributed by atoms with E-state index in [0.717, 1.165) is 48.6 Å². The quantitative estimate of drug-likeness (QED) is 0.688. The zero-order chi connectivity index (χ0) is 15.3. The van der Waals surface area contributed by atoms with Crippen LogP contribution in [0.25, 0.3) is 10.2 Å². The number of benzene rings is 1. The maximum Gasteiger partial charge on any atom is 0.140 e. The molecule has 1 aromatic carbocycles. The van der Waals surface area contributed by atoms with Gasteiger partial charge in [0.15, 0.2) is 0 Å². The third kappa shape index (κ3) is 2.00. The fraction of sp³-hybridized carbons (Fsp3) is 0.333. The molecule has 1 aliphatic heterocycles. The van der Waals surface area contributed by atoms with Crippen molar-refractivity contribution in [1.82, 2.24) is 9.97 Å². The predicted octanol–water partition coefficient (Wildman–Crippen LogP) is 3.37. The first-order chi connectivity index (χ1) is 11.4. The van der Waals surface area contributed by atoms with Gasteiger partial charge in [-0.2, -0.15) is 0 Å². The lowest BCUT2D eigenvalue weighted by atomic mass is 9.93. The smallest absolute Gasteiger partial charge is 0.140 e. The molecule has 3 aromatic rings. The number of hydrogen-bond acceptors (Lipinski definition) is 5. The van der Waals surface area contributed by atoms with Crippen LogP contribution in [0, 0.1) is 0 Å². The third-order valence-electron chi connectivity index (χ3n) is 5.03. The molecule has 0 bridgehead atoms. The molecular formula is C18H17N3OS. The highest BCUT2D eigenvalue weighted by atomic mass is 32.1. The van der Waals surface area contributed by atoms with Crippen LogP contribution in [0.2, 0.25) is 0 Å². The average Bonchev–Trinajstić information content (AvgIpc) is 3.21. The molecule has 2 aromatic heterocycles. The molecule has 1 fully saturated rings. The van der Waals surface area contributed by atoms with Crippen molar-refractivity contribution in [3.8, 4) is 0 Å². The molecule has 1 saturated heterocycles. The van der Waals surface area contributed by atoms with Crippen LogP contribution in [0.15, 0.2) is 42.0 Å². The summed E-state index contributed by atoms with van der Waals surface area (Å²) in [7, 11) is 0. The highest BCUT2D eigenvalue weighted by Crippen LogP contribution is 2.43. The van der Waals surface area contributed by atoms with Gasteiger partial charge < -0.3 is 9.64 Å². The summed E-state index contributed by atoms with van der Waals surface area (Å²) < 4.78 is 6.32. The number of aromatic nitrogens is 2. The molecule has 1 unspecified atom stereocenters. The SMILES string of the molecule is c1ccc2c(c1)CCC21CN(c2ncnc3sccc23)CCO1. The Balaban J connectivity index is 1.56. The first-order valence-corrected chi connectivity index (χ1v) is 8.89. The average molecular weight is 323 g/mol. The van der Waals surface area contributed by atoms with Gasteiger partial charge in [-0.1, -0.05) is 24.3 Å². The molecule has 1 spiro atoms. The molecule has 0 N–H and O–H groups in total. The van der Waals surface area contributed by atoms with Gasteiger partial charge in [-0.25, -0.2) is 9.97 Å². The summed E-state index contributed by atoms with van der Waals surface area (Å²) in [6, 6.07) is 10.8. The van der Waals surface area contributed by atoms with Crippen molar-refractivity contribution in [3.05, 3.63) is 53.2 Å². The predicted molar refractivity (Wildman–Crippen MR) is 92.0 cm³/mol. The number of rotatable bonds is 1. The maximum absolute atomic E-state index is 6.32. The van der Waals surface area contributed by atoms with E-state index in [0.29, 0.717) is 0 Å². The number of nitrogens with zero attached hydrogens (tertiary/aromatic N) is 3. The minimum atomic E-state index is -0.178. The summed E-state index contributed by atoms with van der Waals surface area (Å²) in [6.45, 7) is 2.49. The number of aryl methyl sites for hydroxylation is 1. The Labute approximate surface area is 138 Å². The van der Waals surface area contributed by atoms with E-state index >= 15 is 0 Å². The van der Waals surface area contributed by atoms with E-state index in [4.69, 9.17) is 4.74 Å². The summed E-state index contributed by atoms with van der Waals surface area (Å²) in [5.74, 6) is 1.04. The van der Waals surface area contributed by atoms with Crippen molar-refractivity contribution in [1.29, 1.82) is 0 Å². The van der Waals surface area contributed by atoms with Crippen molar-refractivity contribution < 1.29 is 4.74 Å². The highest BCUT2D eigenvalue weighted by molar-refractivity contribution is 7.16. The molecule has 1 aliphatic carbocycles. The maximum atomic E-state index is 6.32. The first-order valence-electron chi connectivity index (χ1n) is 8.01. The Bertz CT molecular complexity index is 873. The Morgan fingerprint density at radius 2 is 2.13 bits per heavy atom. The standard InChI is InChI=1S/C18H17N3OS/c1-2-4-15-13(3-1)5-7-18(15)11-21(8-9-22-18)16-14-6-10-23-17(14)20-12-19-16/h1-4,6,10,12H,5,7-9,11H2. The van der Waals surface area contributed by atoms with Crippen LogP contribution in [0.3, 0.4) is 0 Å². The van der Waals surface area contributed by atoms with Crippen LogP contribution >= 0.6 is 11.3 Å². The van der Waals surface area contributed by atoms with E-state index in [1.165, 1.54) is 11.1 Å². The van der Waals surface area contributed by atoms with Gasteiger partial charge in [-0.15, -0.1) is 11.3 Å².